The summed E-state index contributed by atoms with van der Waals surface area (Å²) in [7, 11) is 0. The van der Waals surface area contributed by atoms with Crippen LogP contribution in [0, 0.1) is 0 Å². The van der Waals surface area contributed by atoms with E-state index in [-0.39, 0.29) is 13.0 Å². The summed E-state index contributed by atoms with van der Waals surface area (Å²) in [6, 6.07) is 3.47. The first-order valence-corrected chi connectivity index (χ1v) is 6.66. The van der Waals surface area contributed by atoms with E-state index in [1.165, 1.54) is 0 Å². The Morgan fingerprint density at radius 2 is 2.29 bits per heavy atom. The van der Waals surface area contributed by atoms with Gasteiger partial charge in [-0.15, -0.1) is 0 Å². The fraction of sp³-hybridized carbons (Fsp3) is 0.429. The highest BCUT2D eigenvalue weighted by Gasteiger charge is 2.58. The van der Waals surface area contributed by atoms with Crippen molar-refractivity contribution in [2.45, 2.75) is 31.1 Å². The molecule has 1 aliphatic rings. The van der Waals surface area contributed by atoms with Gasteiger partial charge in [-0.05, 0) is 6.07 Å². The van der Waals surface area contributed by atoms with Crippen LogP contribution in [0.15, 0.2) is 36.9 Å². The number of hydrogen-bond donors (Lipinski definition) is 1. The quantitative estimate of drug-likeness (QED) is 0.882. The number of hydrogen-bond acceptors (Lipinski definition) is 4. The fourth-order valence-corrected chi connectivity index (χ4v) is 2.11. The smallest absolute Gasteiger partial charge is 0.276 e. The number of imidazole rings is 1. The lowest BCUT2D eigenvalue weighted by Gasteiger charge is -2.13. The summed E-state index contributed by atoms with van der Waals surface area (Å²) in [5.41, 5.74) is 0.625. The van der Waals surface area contributed by atoms with Gasteiger partial charge in [-0.25, -0.2) is 13.8 Å². The van der Waals surface area contributed by atoms with Crippen molar-refractivity contribution in [3.05, 3.63) is 48.3 Å². The van der Waals surface area contributed by atoms with Crippen molar-refractivity contribution in [2.24, 2.45) is 0 Å². The number of aliphatic hydroxyl groups is 1. The Labute approximate surface area is 120 Å². The Morgan fingerprint density at radius 1 is 1.48 bits per heavy atom. The first kappa shape index (κ1) is 14.1. The molecule has 0 saturated heterocycles. The number of aromatic nitrogens is 3. The molecule has 1 fully saturated rings. The van der Waals surface area contributed by atoms with Crippen LogP contribution in [0.5, 0.6) is 0 Å². The van der Waals surface area contributed by atoms with Crippen LogP contribution in [-0.2, 0) is 11.3 Å². The summed E-state index contributed by atoms with van der Waals surface area (Å²) in [5, 5.41) is 10.3. The van der Waals surface area contributed by atoms with Gasteiger partial charge in [0, 0.05) is 43.3 Å². The molecular formula is C14H15F2N3O2. The molecule has 1 aliphatic carbocycles. The minimum Gasteiger partial charge on any atom is -0.380 e. The Bertz CT molecular complexity index is 603. The van der Waals surface area contributed by atoms with Crippen LogP contribution in [0.3, 0.4) is 0 Å². The Balaban J connectivity index is 1.61. The van der Waals surface area contributed by atoms with Crippen LogP contribution in [0.2, 0.25) is 0 Å². The molecule has 2 atom stereocenters. The molecule has 0 aromatic carbocycles. The molecule has 0 amide bonds. The molecule has 1 N–H and O–H groups in total. The van der Waals surface area contributed by atoms with Crippen LogP contribution in [0.4, 0.5) is 8.78 Å². The molecule has 3 rings (SSSR count). The van der Waals surface area contributed by atoms with E-state index in [4.69, 9.17) is 4.74 Å². The molecular weight excluding hydrogens is 280 g/mol. The van der Waals surface area contributed by atoms with Crippen molar-refractivity contribution in [2.75, 3.05) is 6.61 Å². The van der Waals surface area contributed by atoms with Crippen molar-refractivity contribution in [1.29, 1.82) is 0 Å². The van der Waals surface area contributed by atoms with Gasteiger partial charge in [-0.2, -0.15) is 0 Å². The second-order valence-corrected chi connectivity index (χ2v) is 4.99. The predicted octanol–water partition coefficient (Wildman–Crippen LogP) is 1.78. The molecule has 1 saturated carbocycles. The third-order valence-corrected chi connectivity index (χ3v) is 3.41. The number of ether oxygens (including phenoxy) is 1. The first-order chi connectivity index (χ1) is 10.1. The molecule has 2 aromatic heterocycles. The average Bonchev–Trinajstić information content (AvgIpc) is 2.89. The molecule has 0 bridgehead atoms. The molecule has 2 aromatic rings. The Morgan fingerprint density at radius 3 is 2.95 bits per heavy atom. The van der Waals surface area contributed by atoms with E-state index in [0.29, 0.717) is 17.9 Å². The minimum absolute atomic E-state index is 0.156. The van der Waals surface area contributed by atoms with E-state index in [9.17, 15) is 13.9 Å². The predicted molar refractivity (Wildman–Crippen MR) is 69.8 cm³/mol. The van der Waals surface area contributed by atoms with E-state index >= 15 is 0 Å². The van der Waals surface area contributed by atoms with E-state index in [1.807, 2.05) is 0 Å². The molecule has 2 unspecified atom stereocenters. The minimum atomic E-state index is -2.67. The number of alkyl halides is 2. The number of halogens is 2. The molecule has 112 valence electrons. The van der Waals surface area contributed by atoms with Gasteiger partial charge < -0.3 is 14.4 Å². The Hall–Kier alpha value is -1.86. The summed E-state index contributed by atoms with van der Waals surface area (Å²) >= 11 is 0. The summed E-state index contributed by atoms with van der Waals surface area (Å²) < 4.78 is 32.2. The molecule has 2 heterocycles. The number of nitrogens with zero attached hydrogens (tertiary/aromatic N) is 3. The third-order valence-electron chi connectivity index (χ3n) is 3.41. The maximum absolute atomic E-state index is 12.7. The summed E-state index contributed by atoms with van der Waals surface area (Å²) in [5.74, 6) is -2.23. The van der Waals surface area contributed by atoms with Crippen molar-refractivity contribution in [1.82, 2.24) is 14.5 Å². The highest BCUT2D eigenvalue weighted by molar-refractivity contribution is 5.19. The highest BCUT2D eigenvalue weighted by Crippen LogP contribution is 2.44. The van der Waals surface area contributed by atoms with E-state index in [1.54, 1.807) is 41.5 Å². The summed E-state index contributed by atoms with van der Waals surface area (Å²) in [4.78, 5) is 8.07. The summed E-state index contributed by atoms with van der Waals surface area (Å²) in [6.45, 7) is 0.516. The van der Waals surface area contributed by atoms with Gasteiger partial charge >= 0.3 is 0 Å². The number of aliphatic hydroxyl groups excluding tert-OH is 1. The van der Waals surface area contributed by atoms with Gasteiger partial charge in [0.15, 0.2) is 0 Å². The second-order valence-electron chi connectivity index (χ2n) is 4.99. The van der Waals surface area contributed by atoms with Crippen LogP contribution >= 0.6 is 0 Å². The normalized spacial score (nSPS) is 21.2. The highest BCUT2D eigenvalue weighted by atomic mass is 19.3. The molecule has 0 aliphatic heterocycles. The third kappa shape index (κ3) is 3.08. The van der Waals surface area contributed by atoms with E-state index in [0.717, 1.165) is 0 Å². The van der Waals surface area contributed by atoms with Crippen LogP contribution in [0.25, 0.3) is 0 Å². The largest absolute Gasteiger partial charge is 0.380 e. The molecule has 7 heteroatoms. The van der Waals surface area contributed by atoms with Gasteiger partial charge in [0.1, 0.15) is 18.0 Å². The topological polar surface area (TPSA) is 60.2 Å². The number of pyridine rings is 1. The van der Waals surface area contributed by atoms with Crippen LogP contribution in [-0.4, -0.2) is 38.3 Å². The van der Waals surface area contributed by atoms with Gasteiger partial charge in [-0.3, -0.25) is 4.98 Å². The lowest BCUT2D eigenvalue weighted by atomic mass is 10.1. The van der Waals surface area contributed by atoms with E-state index < -0.39 is 18.1 Å². The van der Waals surface area contributed by atoms with Crippen molar-refractivity contribution in [3.63, 3.8) is 0 Å². The SMILES string of the molecule is OC(c1cccnc1)c1nccn1CCOC1CC1(F)F. The van der Waals surface area contributed by atoms with Crippen molar-refractivity contribution < 1.29 is 18.6 Å². The molecule has 0 radical (unpaired) electrons. The maximum atomic E-state index is 12.7. The van der Waals surface area contributed by atoms with Gasteiger partial charge in [0.25, 0.3) is 5.92 Å². The van der Waals surface area contributed by atoms with Crippen LogP contribution < -0.4 is 0 Å². The Kier molecular flexibility index (Phi) is 3.69. The molecule has 21 heavy (non-hydrogen) atoms. The number of rotatable bonds is 6. The van der Waals surface area contributed by atoms with Crippen molar-refractivity contribution in [3.8, 4) is 0 Å². The van der Waals surface area contributed by atoms with Gasteiger partial charge in [0.2, 0.25) is 0 Å². The van der Waals surface area contributed by atoms with E-state index in [2.05, 4.69) is 9.97 Å². The maximum Gasteiger partial charge on any atom is 0.276 e. The zero-order chi connectivity index (χ0) is 14.9. The van der Waals surface area contributed by atoms with Gasteiger partial charge in [-0.1, -0.05) is 6.07 Å². The molecule has 5 nitrogen and oxygen atoms in total. The average molecular weight is 295 g/mol. The lowest BCUT2D eigenvalue weighted by Crippen LogP contribution is -2.15. The standard InChI is InChI=1S/C14H15F2N3O2/c15-14(16)8-11(14)21-7-6-19-5-4-18-13(19)12(20)10-2-1-3-17-9-10/h1-5,9,11-12,20H,6-8H2. The van der Waals surface area contributed by atoms with Crippen molar-refractivity contribution >= 4 is 0 Å². The van der Waals surface area contributed by atoms with Gasteiger partial charge in [0.05, 0.1) is 6.61 Å². The first-order valence-electron chi connectivity index (χ1n) is 6.66. The zero-order valence-corrected chi connectivity index (χ0v) is 11.2. The zero-order valence-electron chi connectivity index (χ0n) is 11.2. The summed E-state index contributed by atoms with van der Waals surface area (Å²) in [6.07, 6.45) is 4.34. The monoisotopic (exact) mass is 295 g/mol. The molecule has 0 spiro atoms. The second kappa shape index (κ2) is 5.50. The van der Waals surface area contributed by atoms with Crippen LogP contribution in [0.1, 0.15) is 23.9 Å². The fourth-order valence-electron chi connectivity index (χ4n) is 2.11. The lowest BCUT2D eigenvalue weighted by molar-refractivity contribution is 0.0102.